The van der Waals surface area contributed by atoms with Crippen LogP contribution in [0.25, 0.3) is 0 Å². The first kappa shape index (κ1) is 14.1. The number of carbonyl (C=O) groups excluding carboxylic acids is 1. The van der Waals surface area contributed by atoms with Crippen molar-refractivity contribution in [2.24, 2.45) is 0 Å². The summed E-state index contributed by atoms with van der Waals surface area (Å²) in [5.41, 5.74) is 0. The highest BCUT2D eigenvalue weighted by Gasteiger charge is 2.36. The minimum absolute atomic E-state index is 0.0792. The number of hydrogen-bond donors (Lipinski definition) is 1. The number of hydrogen-bond acceptors (Lipinski definition) is 4. The highest BCUT2D eigenvalue weighted by atomic mass is 32.1. The van der Waals surface area contributed by atoms with Crippen LogP contribution in [0.5, 0.6) is 0 Å². The molecule has 0 aliphatic rings. The quantitative estimate of drug-likeness (QED) is 0.395. The van der Waals surface area contributed by atoms with Gasteiger partial charge >= 0.3 is 8.80 Å². The Bertz CT molecular complexity index is 164. The fraction of sp³-hybridized carbons (Fsp3) is 0.875. The summed E-state index contributed by atoms with van der Waals surface area (Å²) < 4.78 is 15.7. The minimum atomic E-state index is -2.43. The van der Waals surface area contributed by atoms with Gasteiger partial charge in [-0.1, -0.05) is 0 Å². The van der Waals surface area contributed by atoms with E-state index in [1.165, 1.54) is 0 Å². The van der Waals surface area contributed by atoms with E-state index in [4.69, 9.17) is 13.3 Å². The molecule has 0 bridgehead atoms. The maximum atomic E-state index is 10.6. The average Bonchev–Trinajstić information content (AvgIpc) is 2.19. The van der Waals surface area contributed by atoms with Gasteiger partial charge in [-0.05, 0) is 12.8 Å². The van der Waals surface area contributed by atoms with Crippen molar-refractivity contribution >= 4 is 26.5 Å². The zero-order valence-corrected chi connectivity index (χ0v) is 10.8. The molecule has 0 heterocycles. The molecule has 0 unspecified atom stereocenters. The highest BCUT2D eigenvalue weighted by molar-refractivity contribution is 7.96. The molecule has 0 aliphatic carbocycles. The third-order valence-corrected chi connectivity index (χ3v) is 5.11. The van der Waals surface area contributed by atoms with Crippen molar-refractivity contribution in [2.75, 3.05) is 21.3 Å². The largest absolute Gasteiger partial charge is 0.500 e. The van der Waals surface area contributed by atoms with Gasteiger partial charge in [0.1, 0.15) is 0 Å². The summed E-state index contributed by atoms with van der Waals surface area (Å²) in [5.74, 6) is 0. The van der Waals surface area contributed by atoms with Gasteiger partial charge in [-0.3, -0.25) is 4.79 Å². The lowest BCUT2D eigenvalue weighted by atomic mass is 10.3. The van der Waals surface area contributed by atoms with Crippen molar-refractivity contribution in [1.82, 2.24) is 0 Å². The normalized spacial score (nSPS) is 11.7. The minimum Gasteiger partial charge on any atom is -0.377 e. The Morgan fingerprint density at radius 3 is 2.00 bits per heavy atom. The maximum Gasteiger partial charge on any atom is 0.500 e. The number of thiol groups is 1. The van der Waals surface area contributed by atoms with Crippen LogP contribution in [0.2, 0.25) is 6.04 Å². The molecule has 0 saturated heterocycles. The van der Waals surface area contributed by atoms with E-state index < -0.39 is 8.80 Å². The monoisotopic (exact) mass is 238 g/mol. The smallest absolute Gasteiger partial charge is 0.377 e. The molecule has 0 radical (unpaired) electrons. The molecule has 4 nitrogen and oxygen atoms in total. The van der Waals surface area contributed by atoms with Crippen LogP contribution in [0, 0.1) is 0 Å². The molecular formula is C8H18O4SSi. The van der Waals surface area contributed by atoms with Crippen molar-refractivity contribution in [3.63, 3.8) is 0 Å². The van der Waals surface area contributed by atoms with Crippen LogP contribution >= 0.6 is 12.6 Å². The van der Waals surface area contributed by atoms with Crippen LogP contribution in [0.15, 0.2) is 0 Å². The van der Waals surface area contributed by atoms with Gasteiger partial charge in [0.15, 0.2) is 5.12 Å². The SMILES string of the molecule is CO[Si](CCCCC(=O)S)(OC)OC. The lowest BCUT2D eigenvalue weighted by molar-refractivity contribution is -0.110. The first-order valence-corrected chi connectivity index (χ1v) is 6.85. The van der Waals surface area contributed by atoms with E-state index in [9.17, 15) is 4.79 Å². The van der Waals surface area contributed by atoms with Crippen molar-refractivity contribution < 1.29 is 18.1 Å². The van der Waals surface area contributed by atoms with Crippen LogP contribution in [-0.4, -0.2) is 35.2 Å². The van der Waals surface area contributed by atoms with E-state index in [2.05, 4.69) is 12.6 Å². The molecule has 6 heteroatoms. The zero-order valence-electron chi connectivity index (χ0n) is 8.91. The number of unbranched alkanes of at least 4 members (excludes halogenated alkanes) is 1. The van der Waals surface area contributed by atoms with Crippen LogP contribution in [0.1, 0.15) is 19.3 Å². The Balaban J connectivity index is 3.77. The summed E-state index contributed by atoms with van der Waals surface area (Å²) >= 11 is 3.69. The number of carbonyl (C=O) groups is 1. The predicted molar refractivity (Wildman–Crippen MR) is 59.4 cm³/mol. The van der Waals surface area contributed by atoms with Crippen LogP contribution in [0.4, 0.5) is 0 Å². The molecule has 0 N–H and O–H groups in total. The third-order valence-electron chi connectivity index (χ3n) is 2.06. The molecule has 0 spiro atoms. The molecular weight excluding hydrogens is 220 g/mol. The highest BCUT2D eigenvalue weighted by Crippen LogP contribution is 2.17. The van der Waals surface area contributed by atoms with Gasteiger partial charge < -0.3 is 13.3 Å². The molecule has 0 saturated carbocycles. The lowest BCUT2D eigenvalue weighted by Gasteiger charge is -2.24. The molecule has 0 amide bonds. The molecule has 0 atom stereocenters. The Kier molecular flexibility index (Phi) is 7.48. The Morgan fingerprint density at radius 1 is 1.14 bits per heavy atom. The second kappa shape index (κ2) is 7.41. The fourth-order valence-corrected chi connectivity index (χ4v) is 3.13. The summed E-state index contributed by atoms with van der Waals surface area (Å²) in [6.45, 7) is 0. The Hall–Kier alpha value is 0.117. The van der Waals surface area contributed by atoms with Crippen molar-refractivity contribution in [3.8, 4) is 0 Å². The fourth-order valence-electron chi connectivity index (χ4n) is 1.17. The van der Waals surface area contributed by atoms with E-state index in [1.807, 2.05) is 0 Å². The number of rotatable bonds is 8. The summed E-state index contributed by atoms with van der Waals surface area (Å²) in [4.78, 5) is 10.6. The molecule has 0 aliphatic heterocycles. The Labute approximate surface area is 91.7 Å². The molecule has 0 aromatic rings. The lowest BCUT2D eigenvalue weighted by Crippen LogP contribution is -2.42. The maximum absolute atomic E-state index is 10.6. The summed E-state index contributed by atoms with van der Waals surface area (Å²) in [6, 6.07) is 0.734. The van der Waals surface area contributed by atoms with Crippen LogP contribution in [-0.2, 0) is 18.1 Å². The molecule has 0 fully saturated rings. The summed E-state index contributed by atoms with van der Waals surface area (Å²) in [6.07, 6.45) is 2.14. The van der Waals surface area contributed by atoms with E-state index in [1.54, 1.807) is 21.3 Å². The molecule has 0 rings (SSSR count). The van der Waals surface area contributed by atoms with Gasteiger partial charge in [-0.25, -0.2) is 0 Å². The van der Waals surface area contributed by atoms with E-state index in [0.717, 1.165) is 18.9 Å². The second-order valence-electron chi connectivity index (χ2n) is 2.90. The second-order valence-corrected chi connectivity index (χ2v) is 6.49. The van der Waals surface area contributed by atoms with Crippen LogP contribution in [0.3, 0.4) is 0 Å². The van der Waals surface area contributed by atoms with Gasteiger partial charge in [0.05, 0.1) is 0 Å². The Morgan fingerprint density at radius 2 is 1.64 bits per heavy atom. The zero-order chi connectivity index (χ0) is 11.0. The van der Waals surface area contributed by atoms with E-state index in [-0.39, 0.29) is 5.12 Å². The van der Waals surface area contributed by atoms with Gasteiger partial charge in [0.2, 0.25) is 0 Å². The first-order chi connectivity index (χ1) is 6.60. The molecule has 0 aromatic carbocycles. The third kappa shape index (κ3) is 5.11. The van der Waals surface area contributed by atoms with Gasteiger partial charge in [-0.15, -0.1) is 12.6 Å². The van der Waals surface area contributed by atoms with E-state index in [0.29, 0.717) is 6.42 Å². The van der Waals surface area contributed by atoms with Crippen molar-refractivity contribution in [2.45, 2.75) is 25.3 Å². The molecule has 84 valence electrons. The van der Waals surface area contributed by atoms with E-state index >= 15 is 0 Å². The predicted octanol–water partition coefficient (Wildman–Crippen LogP) is 1.49. The van der Waals surface area contributed by atoms with Crippen LogP contribution < -0.4 is 0 Å². The summed E-state index contributed by atoms with van der Waals surface area (Å²) in [7, 11) is 2.33. The van der Waals surface area contributed by atoms with Crippen molar-refractivity contribution in [3.05, 3.63) is 0 Å². The average molecular weight is 238 g/mol. The molecule has 14 heavy (non-hydrogen) atoms. The topological polar surface area (TPSA) is 44.8 Å². The first-order valence-electron chi connectivity index (χ1n) is 4.47. The molecule has 0 aromatic heterocycles. The summed E-state index contributed by atoms with van der Waals surface area (Å²) in [5, 5.41) is -0.0792. The van der Waals surface area contributed by atoms with Gasteiger partial charge in [0, 0.05) is 33.8 Å². The van der Waals surface area contributed by atoms with Crippen molar-refractivity contribution in [1.29, 1.82) is 0 Å². The van der Waals surface area contributed by atoms with Gasteiger partial charge in [-0.2, -0.15) is 0 Å². The van der Waals surface area contributed by atoms with Gasteiger partial charge in [0.25, 0.3) is 0 Å². The standard InChI is InChI=1S/C8H18O4SSi/c1-10-14(11-2,12-3)7-5-4-6-8(9)13/h4-7H2,1-3H3,(H,9,13).